The van der Waals surface area contributed by atoms with Gasteiger partial charge < -0.3 is 10.2 Å². The highest BCUT2D eigenvalue weighted by Gasteiger charge is 2.21. The average molecular weight is 372 g/mol. The minimum absolute atomic E-state index is 0.0677. The van der Waals surface area contributed by atoms with Gasteiger partial charge in [0.05, 0.1) is 11.9 Å². The van der Waals surface area contributed by atoms with Crippen LogP contribution in [0.3, 0.4) is 0 Å². The summed E-state index contributed by atoms with van der Waals surface area (Å²) in [6.07, 6.45) is 1.84. The largest absolute Gasteiger partial charge is 0.369 e. The molecule has 0 amide bonds. The van der Waals surface area contributed by atoms with Gasteiger partial charge in [0.25, 0.3) is 0 Å². The minimum Gasteiger partial charge on any atom is -0.369 e. The van der Waals surface area contributed by atoms with Gasteiger partial charge in [0.15, 0.2) is 5.65 Å². The number of rotatable bonds is 5. The minimum atomic E-state index is -0.0677. The van der Waals surface area contributed by atoms with Gasteiger partial charge in [-0.2, -0.15) is 9.61 Å². The van der Waals surface area contributed by atoms with Crippen LogP contribution < -0.4 is 5.32 Å². The van der Waals surface area contributed by atoms with Crippen molar-refractivity contribution in [3.05, 3.63) is 47.2 Å². The lowest BCUT2D eigenvalue weighted by Gasteiger charge is -2.20. The first-order valence-corrected chi connectivity index (χ1v) is 9.18. The highest BCUT2D eigenvalue weighted by Crippen LogP contribution is 2.33. The van der Waals surface area contributed by atoms with Crippen LogP contribution in [0.2, 0.25) is 5.02 Å². The molecule has 1 aromatic carbocycles. The Morgan fingerprint density at radius 1 is 1.15 bits per heavy atom. The molecular formula is C20H26ClN5. The molecule has 6 heteroatoms. The molecule has 0 unspecified atom stereocenters. The normalized spacial score (nSPS) is 12.1. The van der Waals surface area contributed by atoms with Gasteiger partial charge in [-0.3, -0.25) is 0 Å². The van der Waals surface area contributed by atoms with Gasteiger partial charge in [-0.05, 0) is 20.2 Å². The van der Waals surface area contributed by atoms with Gasteiger partial charge in [-0.1, -0.05) is 50.6 Å². The van der Waals surface area contributed by atoms with Gasteiger partial charge in [-0.25, -0.2) is 4.98 Å². The summed E-state index contributed by atoms with van der Waals surface area (Å²) in [5.41, 5.74) is 3.66. The van der Waals surface area contributed by atoms with Crippen LogP contribution in [0.25, 0.3) is 16.8 Å². The Morgan fingerprint density at radius 2 is 1.88 bits per heavy atom. The van der Waals surface area contributed by atoms with Crippen LogP contribution >= 0.6 is 11.6 Å². The highest BCUT2D eigenvalue weighted by atomic mass is 35.5. The third-order valence-corrected chi connectivity index (χ3v) is 4.60. The van der Waals surface area contributed by atoms with E-state index in [0.29, 0.717) is 5.02 Å². The summed E-state index contributed by atoms with van der Waals surface area (Å²) >= 11 is 6.42. The fourth-order valence-electron chi connectivity index (χ4n) is 2.75. The number of hydrogen-bond acceptors (Lipinski definition) is 4. The quantitative estimate of drug-likeness (QED) is 0.725. The number of likely N-dealkylation sites (N-methyl/N-ethyl adjacent to an activating group) is 1. The van der Waals surface area contributed by atoms with E-state index >= 15 is 0 Å². The third-order valence-electron chi connectivity index (χ3n) is 4.27. The second kappa shape index (κ2) is 7.25. The van der Waals surface area contributed by atoms with Crippen molar-refractivity contribution in [1.29, 1.82) is 0 Å². The smallest absolute Gasteiger partial charge is 0.165 e. The van der Waals surface area contributed by atoms with E-state index in [0.717, 1.165) is 41.4 Å². The SMILES string of the molecule is CN(C)CCNc1cc(C(C)(C)C)nc2c(-c3ccccc3Cl)cnn12. The van der Waals surface area contributed by atoms with Crippen LogP contribution in [-0.4, -0.2) is 46.7 Å². The zero-order valence-corrected chi connectivity index (χ0v) is 16.8. The molecule has 0 aliphatic heterocycles. The number of nitrogens with one attached hydrogen (secondary N) is 1. The number of fused-ring (bicyclic) bond motifs is 1. The van der Waals surface area contributed by atoms with Gasteiger partial charge in [0.2, 0.25) is 0 Å². The molecule has 5 nitrogen and oxygen atoms in total. The number of benzene rings is 1. The van der Waals surface area contributed by atoms with Crippen LogP contribution in [0, 0.1) is 0 Å². The first-order valence-electron chi connectivity index (χ1n) is 8.80. The molecule has 138 valence electrons. The van der Waals surface area contributed by atoms with Crippen LogP contribution in [0.1, 0.15) is 26.5 Å². The lowest BCUT2D eigenvalue weighted by Crippen LogP contribution is -2.22. The lowest BCUT2D eigenvalue weighted by molar-refractivity contribution is 0.425. The van der Waals surface area contributed by atoms with Gasteiger partial charge in [-0.15, -0.1) is 0 Å². The fourth-order valence-corrected chi connectivity index (χ4v) is 2.99. The van der Waals surface area contributed by atoms with E-state index in [9.17, 15) is 0 Å². The Balaban J connectivity index is 2.14. The summed E-state index contributed by atoms with van der Waals surface area (Å²) in [5, 5.41) is 8.77. The van der Waals surface area contributed by atoms with Gasteiger partial charge in [0.1, 0.15) is 5.82 Å². The number of anilines is 1. The Morgan fingerprint density at radius 3 is 2.54 bits per heavy atom. The van der Waals surface area contributed by atoms with Crippen LogP contribution in [-0.2, 0) is 5.41 Å². The summed E-state index contributed by atoms with van der Waals surface area (Å²) in [4.78, 5) is 7.07. The monoisotopic (exact) mass is 371 g/mol. The van der Waals surface area contributed by atoms with E-state index in [1.165, 1.54) is 0 Å². The first kappa shape index (κ1) is 18.7. The average Bonchev–Trinajstić information content (AvgIpc) is 2.98. The molecule has 0 radical (unpaired) electrons. The number of hydrogen-bond donors (Lipinski definition) is 1. The second-order valence-corrected chi connectivity index (χ2v) is 8.19. The highest BCUT2D eigenvalue weighted by molar-refractivity contribution is 6.33. The number of halogens is 1. The Bertz CT molecular complexity index is 908. The zero-order valence-electron chi connectivity index (χ0n) is 16.0. The van der Waals surface area contributed by atoms with E-state index in [2.05, 4.69) is 56.2 Å². The molecule has 0 aliphatic rings. The Labute approximate surface area is 160 Å². The third kappa shape index (κ3) is 3.84. The summed E-state index contributed by atoms with van der Waals surface area (Å²) in [5.74, 6) is 0.945. The predicted octanol–water partition coefficient (Wildman–Crippen LogP) is 4.32. The molecule has 2 heterocycles. The molecule has 26 heavy (non-hydrogen) atoms. The van der Waals surface area contributed by atoms with Crippen LogP contribution in [0.4, 0.5) is 5.82 Å². The van der Waals surface area contributed by atoms with Crippen molar-refractivity contribution in [2.75, 3.05) is 32.5 Å². The van der Waals surface area contributed by atoms with Crippen LogP contribution in [0.15, 0.2) is 36.5 Å². The van der Waals surface area contributed by atoms with Crippen molar-refractivity contribution >= 4 is 23.1 Å². The first-order chi connectivity index (χ1) is 12.3. The summed E-state index contributed by atoms with van der Waals surface area (Å²) in [6.45, 7) is 8.27. The van der Waals surface area contributed by atoms with Crippen molar-refractivity contribution < 1.29 is 0 Å². The zero-order chi connectivity index (χ0) is 18.9. The summed E-state index contributed by atoms with van der Waals surface area (Å²) in [7, 11) is 4.13. The molecule has 0 aliphatic carbocycles. The van der Waals surface area contributed by atoms with E-state index < -0.39 is 0 Å². The molecule has 0 fully saturated rings. The second-order valence-electron chi connectivity index (χ2n) is 7.78. The topological polar surface area (TPSA) is 45.5 Å². The number of aromatic nitrogens is 3. The Kier molecular flexibility index (Phi) is 5.21. The van der Waals surface area contributed by atoms with E-state index in [1.807, 2.05) is 35.0 Å². The van der Waals surface area contributed by atoms with Crippen molar-refractivity contribution in [3.63, 3.8) is 0 Å². The number of nitrogens with zero attached hydrogens (tertiary/aromatic N) is 4. The maximum absolute atomic E-state index is 6.42. The molecule has 1 N–H and O–H groups in total. The standard InChI is InChI=1S/C20H26ClN5/c1-20(2,3)17-12-18(22-10-11-25(4)5)26-19(24-17)15(13-23-26)14-8-6-7-9-16(14)21/h6-9,12-13,22H,10-11H2,1-5H3. The summed E-state index contributed by atoms with van der Waals surface area (Å²) in [6, 6.07) is 9.90. The van der Waals surface area contributed by atoms with Crippen molar-refractivity contribution in [2.45, 2.75) is 26.2 Å². The molecular weight excluding hydrogens is 346 g/mol. The molecule has 0 spiro atoms. The van der Waals surface area contributed by atoms with E-state index in [1.54, 1.807) is 0 Å². The lowest BCUT2D eigenvalue weighted by atomic mass is 9.92. The van der Waals surface area contributed by atoms with E-state index in [-0.39, 0.29) is 5.41 Å². The molecule has 0 atom stereocenters. The molecule has 3 rings (SSSR count). The molecule has 0 bridgehead atoms. The van der Waals surface area contributed by atoms with Crippen molar-refractivity contribution in [1.82, 2.24) is 19.5 Å². The predicted molar refractivity (Wildman–Crippen MR) is 109 cm³/mol. The molecule has 2 aromatic heterocycles. The Hall–Kier alpha value is -2.11. The molecule has 3 aromatic rings. The van der Waals surface area contributed by atoms with E-state index in [4.69, 9.17) is 16.6 Å². The maximum atomic E-state index is 6.42. The van der Waals surface area contributed by atoms with Crippen molar-refractivity contribution in [3.8, 4) is 11.1 Å². The fraction of sp³-hybridized carbons (Fsp3) is 0.400. The van der Waals surface area contributed by atoms with Gasteiger partial charge >= 0.3 is 0 Å². The van der Waals surface area contributed by atoms with Gasteiger partial charge in [0, 0.05) is 40.7 Å². The molecule has 0 saturated heterocycles. The van der Waals surface area contributed by atoms with Crippen molar-refractivity contribution in [2.24, 2.45) is 0 Å². The molecule has 0 saturated carbocycles. The maximum Gasteiger partial charge on any atom is 0.165 e. The van der Waals surface area contributed by atoms with Crippen LogP contribution in [0.5, 0.6) is 0 Å². The summed E-state index contributed by atoms with van der Waals surface area (Å²) < 4.78 is 1.86.